The van der Waals surface area contributed by atoms with Crippen molar-refractivity contribution in [2.45, 2.75) is 19.6 Å². The fraction of sp³-hybridized carbons (Fsp3) is 0.182. The quantitative estimate of drug-likeness (QED) is 0.487. The van der Waals surface area contributed by atoms with Crippen molar-refractivity contribution in [3.63, 3.8) is 0 Å². The molecule has 0 aliphatic rings. The Kier molecular flexibility index (Phi) is 6.96. The average Bonchev–Trinajstić information content (AvgIpc) is 2.68. The highest BCUT2D eigenvalue weighted by Gasteiger charge is 2.01. The first-order chi connectivity index (χ1) is 12.7. The molecule has 0 saturated carbocycles. The first kappa shape index (κ1) is 18.8. The largest absolute Gasteiger partial charge is 0.489 e. The number of ether oxygens (including phenoxy) is 1. The molecule has 0 saturated heterocycles. The molecule has 3 rings (SSSR count). The molecule has 0 radical (unpaired) electrons. The smallest absolute Gasteiger partial charge is 0.119 e. The normalized spacial score (nSPS) is 10.7. The standard InChI is InChI=1S/C22H21Cl2NO/c23-21-11-8-19(14-22(21)24)16-26-20-9-6-18(7-10-20)15-25-13-12-17-4-2-1-3-5-17/h1-11,14,25H,12-13,15-16H2. The number of hydrogen-bond acceptors (Lipinski definition) is 2. The monoisotopic (exact) mass is 385 g/mol. The van der Waals surface area contributed by atoms with Crippen LogP contribution < -0.4 is 10.1 Å². The minimum Gasteiger partial charge on any atom is -0.489 e. The molecule has 0 aromatic heterocycles. The molecule has 1 N–H and O–H groups in total. The minimum absolute atomic E-state index is 0.464. The number of benzene rings is 3. The van der Waals surface area contributed by atoms with Crippen LogP contribution in [0.25, 0.3) is 0 Å². The van der Waals surface area contributed by atoms with Gasteiger partial charge in [0.1, 0.15) is 12.4 Å². The second-order valence-electron chi connectivity index (χ2n) is 6.09. The molecule has 4 heteroatoms. The number of nitrogens with one attached hydrogen (secondary N) is 1. The van der Waals surface area contributed by atoms with Crippen LogP contribution in [0.4, 0.5) is 0 Å². The molecule has 26 heavy (non-hydrogen) atoms. The fourth-order valence-corrected chi connectivity index (χ4v) is 2.93. The Bertz CT molecular complexity index is 819. The minimum atomic E-state index is 0.464. The van der Waals surface area contributed by atoms with Crippen molar-refractivity contribution in [2.24, 2.45) is 0 Å². The summed E-state index contributed by atoms with van der Waals surface area (Å²) in [6.07, 6.45) is 1.03. The average molecular weight is 386 g/mol. The zero-order valence-electron chi connectivity index (χ0n) is 14.4. The Morgan fingerprint density at radius 2 is 1.46 bits per heavy atom. The summed E-state index contributed by atoms with van der Waals surface area (Å²) in [7, 11) is 0. The zero-order valence-corrected chi connectivity index (χ0v) is 15.9. The number of rotatable bonds is 8. The third-order valence-corrected chi connectivity index (χ3v) is 4.81. The van der Waals surface area contributed by atoms with Crippen LogP contribution in [0.3, 0.4) is 0 Å². The molecule has 3 aromatic rings. The van der Waals surface area contributed by atoms with Gasteiger partial charge in [0.25, 0.3) is 0 Å². The molecular weight excluding hydrogens is 365 g/mol. The maximum atomic E-state index is 6.02. The first-order valence-electron chi connectivity index (χ1n) is 8.61. The SMILES string of the molecule is Clc1ccc(COc2ccc(CNCCc3ccccc3)cc2)cc1Cl. The molecule has 0 bridgehead atoms. The molecule has 2 nitrogen and oxygen atoms in total. The predicted molar refractivity (Wildman–Crippen MR) is 109 cm³/mol. The van der Waals surface area contributed by atoms with E-state index in [2.05, 4.69) is 41.7 Å². The van der Waals surface area contributed by atoms with Crippen LogP contribution in [-0.2, 0) is 19.6 Å². The van der Waals surface area contributed by atoms with Gasteiger partial charge in [-0.25, -0.2) is 0 Å². The Morgan fingerprint density at radius 3 is 2.19 bits per heavy atom. The van der Waals surface area contributed by atoms with Gasteiger partial charge in [-0.15, -0.1) is 0 Å². The zero-order chi connectivity index (χ0) is 18.2. The third kappa shape index (κ3) is 5.77. The first-order valence-corrected chi connectivity index (χ1v) is 9.36. The van der Waals surface area contributed by atoms with E-state index in [-0.39, 0.29) is 0 Å². The lowest BCUT2D eigenvalue weighted by Crippen LogP contribution is -2.16. The van der Waals surface area contributed by atoms with Gasteiger partial charge in [-0.3, -0.25) is 0 Å². The lowest BCUT2D eigenvalue weighted by atomic mass is 10.1. The van der Waals surface area contributed by atoms with Crippen LogP contribution in [0, 0.1) is 0 Å². The summed E-state index contributed by atoms with van der Waals surface area (Å²) in [5, 5.41) is 4.57. The van der Waals surface area contributed by atoms with Crippen LogP contribution >= 0.6 is 23.2 Å². The molecule has 0 fully saturated rings. The van der Waals surface area contributed by atoms with E-state index in [0.717, 1.165) is 30.8 Å². The van der Waals surface area contributed by atoms with Crippen molar-refractivity contribution in [3.05, 3.63) is 99.5 Å². The van der Waals surface area contributed by atoms with E-state index < -0.39 is 0 Å². The van der Waals surface area contributed by atoms with Crippen molar-refractivity contribution in [1.29, 1.82) is 0 Å². The van der Waals surface area contributed by atoms with Gasteiger partial charge in [0.2, 0.25) is 0 Å². The number of halogens is 2. The lowest BCUT2D eigenvalue weighted by molar-refractivity contribution is 0.306. The summed E-state index contributed by atoms with van der Waals surface area (Å²) in [6, 6.07) is 24.2. The lowest BCUT2D eigenvalue weighted by Gasteiger charge is -2.09. The summed E-state index contributed by atoms with van der Waals surface area (Å²) < 4.78 is 5.80. The third-order valence-electron chi connectivity index (χ3n) is 4.08. The molecule has 0 amide bonds. The van der Waals surface area contributed by atoms with E-state index in [0.29, 0.717) is 16.7 Å². The van der Waals surface area contributed by atoms with Gasteiger partial charge >= 0.3 is 0 Å². The summed E-state index contributed by atoms with van der Waals surface area (Å²) in [6.45, 7) is 2.27. The summed E-state index contributed by atoms with van der Waals surface area (Å²) in [5.41, 5.74) is 3.58. The van der Waals surface area contributed by atoms with Crippen LogP contribution in [0.15, 0.2) is 72.8 Å². The Balaban J connectivity index is 1.42. The second-order valence-corrected chi connectivity index (χ2v) is 6.91. The molecule has 0 atom stereocenters. The number of hydrogen-bond donors (Lipinski definition) is 1. The van der Waals surface area contributed by atoms with Crippen LogP contribution in [-0.4, -0.2) is 6.54 Å². The van der Waals surface area contributed by atoms with Gasteiger partial charge in [0, 0.05) is 6.54 Å². The van der Waals surface area contributed by atoms with E-state index >= 15 is 0 Å². The predicted octanol–water partition coefficient (Wildman–Crippen LogP) is 5.90. The Hall–Kier alpha value is -2.00. The van der Waals surface area contributed by atoms with E-state index in [4.69, 9.17) is 27.9 Å². The molecule has 0 heterocycles. The summed E-state index contributed by atoms with van der Waals surface area (Å²) in [5.74, 6) is 0.837. The van der Waals surface area contributed by atoms with Crippen LogP contribution in [0.5, 0.6) is 5.75 Å². The molecule has 0 spiro atoms. The molecule has 0 aliphatic heterocycles. The Labute approximate surface area is 164 Å². The molecule has 134 valence electrons. The van der Waals surface area contributed by atoms with E-state index in [1.807, 2.05) is 30.3 Å². The van der Waals surface area contributed by atoms with Gasteiger partial charge in [-0.2, -0.15) is 0 Å². The van der Waals surface area contributed by atoms with Crippen LogP contribution in [0.2, 0.25) is 10.0 Å². The van der Waals surface area contributed by atoms with E-state index in [1.165, 1.54) is 11.1 Å². The molecule has 0 aliphatic carbocycles. The maximum Gasteiger partial charge on any atom is 0.119 e. The van der Waals surface area contributed by atoms with Crippen molar-refractivity contribution in [1.82, 2.24) is 5.32 Å². The van der Waals surface area contributed by atoms with Gasteiger partial charge in [0.05, 0.1) is 10.0 Å². The van der Waals surface area contributed by atoms with E-state index in [1.54, 1.807) is 6.07 Å². The highest BCUT2D eigenvalue weighted by molar-refractivity contribution is 6.42. The van der Waals surface area contributed by atoms with Crippen molar-refractivity contribution in [2.75, 3.05) is 6.54 Å². The topological polar surface area (TPSA) is 21.3 Å². The van der Waals surface area contributed by atoms with Gasteiger partial charge in [-0.05, 0) is 53.9 Å². The molecular formula is C22H21Cl2NO. The van der Waals surface area contributed by atoms with Crippen LogP contribution in [0.1, 0.15) is 16.7 Å². The van der Waals surface area contributed by atoms with Crippen molar-refractivity contribution < 1.29 is 4.74 Å². The fourth-order valence-electron chi connectivity index (χ4n) is 2.61. The highest BCUT2D eigenvalue weighted by atomic mass is 35.5. The van der Waals surface area contributed by atoms with Crippen molar-refractivity contribution in [3.8, 4) is 5.75 Å². The summed E-state index contributed by atoms with van der Waals surface area (Å²) in [4.78, 5) is 0. The Morgan fingerprint density at radius 1 is 0.731 bits per heavy atom. The molecule has 0 unspecified atom stereocenters. The maximum absolute atomic E-state index is 6.02. The van der Waals surface area contributed by atoms with Crippen molar-refractivity contribution >= 4 is 23.2 Å². The van der Waals surface area contributed by atoms with Gasteiger partial charge < -0.3 is 10.1 Å². The molecule has 3 aromatic carbocycles. The second kappa shape index (κ2) is 9.63. The van der Waals surface area contributed by atoms with Gasteiger partial charge in [-0.1, -0.05) is 71.7 Å². The van der Waals surface area contributed by atoms with E-state index in [9.17, 15) is 0 Å². The van der Waals surface area contributed by atoms with Gasteiger partial charge in [0.15, 0.2) is 0 Å². The highest BCUT2D eigenvalue weighted by Crippen LogP contribution is 2.23. The summed E-state index contributed by atoms with van der Waals surface area (Å²) >= 11 is 11.9.